The van der Waals surface area contributed by atoms with Gasteiger partial charge in [0.2, 0.25) is 0 Å². The SMILES string of the molecule is Cc1ccc(C)c(OCc2ccc(Cl)cc2C(O)C(=N)N)c1. The molecule has 2 rings (SSSR count). The Hall–Kier alpha value is -2.04. The molecule has 4 nitrogen and oxygen atoms in total. The van der Waals surface area contributed by atoms with Crippen LogP contribution in [0.4, 0.5) is 0 Å². The monoisotopic (exact) mass is 318 g/mol. The van der Waals surface area contributed by atoms with Crippen LogP contribution >= 0.6 is 11.6 Å². The minimum absolute atomic E-state index is 0.265. The molecule has 0 aliphatic carbocycles. The lowest BCUT2D eigenvalue weighted by atomic mass is 10.0. The summed E-state index contributed by atoms with van der Waals surface area (Å²) < 4.78 is 5.85. The number of aliphatic hydroxyl groups excluding tert-OH is 1. The number of aliphatic hydroxyl groups is 1. The Labute approximate surface area is 135 Å². The number of ether oxygens (including phenoxy) is 1. The van der Waals surface area contributed by atoms with Crippen LogP contribution in [0.25, 0.3) is 0 Å². The minimum Gasteiger partial charge on any atom is -0.489 e. The first-order valence-corrected chi connectivity index (χ1v) is 7.26. The Balaban J connectivity index is 2.26. The van der Waals surface area contributed by atoms with Crippen molar-refractivity contribution in [2.75, 3.05) is 0 Å². The summed E-state index contributed by atoms with van der Waals surface area (Å²) in [5.74, 6) is 0.466. The van der Waals surface area contributed by atoms with Crippen molar-refractivity contribution in [3.8, 4) is 5.75 Å². The Morgan fingerprint density at radius 3 is 2.68 bits per heavy atom. The van der Waals surface area contributed by atoms with E-state index in [1.54, 1.807) is 18.2 Å². The normalized spacial score (nSPS) is 12.0. The zero-order chi connectivity index (χ0) is 16.3. The summed E-state index contributed by atoms with van der Waals surface area (Å²) in [6, 6.07) is 11.1. The Bertz CT molecular complexity index is 701. The molecule has 0 radical (unpaired) electrons. The number of amidine groups is 1. The quantitative estimate of drug-likeness (QED) is 0.583. The van der Waals surface area contributed by atoms with E-state index >= 15 is 0 Å². The largest absolute Gasteiger partial charge is 0.489 e. The molecule has 116 valence electrons. The summed E-state index contributed by atoms with van der Waals surface area (Å²) in [4.78, 5) is 0. The first kappa shape index (κ1) is 16.3. The molecule has 22 heavy (non-hydrogen) atoms. The van der Waals surface area contributed by atoms with E-state index in [9.17, 15) is 5.11 Å². The zero-order valence-corrected chi connectivity index (χ0v) is 13.3. The fourth-order valence-electron chi connectivity index (χ4n) is 2.14. The lowest BCUT2D eigenvalue weighted by Gasteiger charge is -2.16. The molecule has 2 aromatic carbocycles. The number of halogens is 1. The van der Waals surface area contributed by atoms with Gasteiger partial charge in [0.1, 0.15) is 24.3 Å². The number of rotatable bonds is 5. The smallest absolute Gasteiger partial charge is 0.136 e. The van der Waals surface area contributed by atoms with Gasteiger partial charge >= 0.3 is 0 Å². The second kappa shape index (κ2) is 6.81. The van der Waals surface area contributed by atoms with Gasteiger partial charge in [-0.3, -0.25) is 5.41 Å². The van der Waals surface area contributed by atoms with E-state index < -0.39 is 6.10 Å². The molecule has 0 saturated heterocycles. The molecule has 0 spiro atoms. The Kier molecular flexibility index (Phi) is 5.06. The summed E-state index contributed by atoms with van der Waals surface area (Å²) in [5, 5.41) is 17.9. The highest BCUT2D eigenvalue weighted by Crippen LogP contribution is 2.25. The van der Waals surface area contributed by atoms with E-state index in [0.29, 0.717) is 10.6 Å². The van der Waals surface area contributed by atoms with Gasteiger partial charge in [0.15, 0.2) is 0 Å². The Morgan fingerprint density at radius 2 is 2.00 bits per heavy atom. The topological polar surface area (TPSA) is 79.3 Å². The third kappa shape index (κ3) is 3.78. The van der Waals surface area contributed by atoms with E-state index in [-0.39, 0.29) is 12.4 Å². The molecule has 1 atom stereocenters. The molecule has 0 aliphatic heterocycles. The molecule has 0 heterocycles. The second-order valence-corrected chi connectivity index (χ2v) is 5.70. The summed E-state index contributed by atoms with van der Waals surface area (Å²) in [6.45, 7) is 4.24. The van der Waals surface area contributed by atoms with E-state index in [4.69, 9.17) is 27.5 Å². The number of benzene rings is 2. The third-order valence-corrected chi connectivity index (χ3v) is 3.66. The third-order valence-electron chi connectivity index (χ3n) is 3.42. The van der Waals surface area contributed by atoms with Crippen LogP contribution in [-0.4, -0.2) is 10.9 Å². The van der Waals surface area contributed by atoms with Crippen LogP contribution in [0.1, 0.15) is 28.4 Å². The first-order chi connectivity index (χ1) is 10.4. The van der Waals surface area contributed by atoms with Crippen molar-refractivity contribution in [1.82, 2.24) is 0 Å². The van der Waals surface area contributed by atoms with Gasteiger partial charge in [-0.1, -0.05) is 29.8 Å². The molecule has 0 bridgehead atoms. The van der Waals surface area contributed by atoms with Gasteiger partial charge in [0.05, 0.1) is 0 Å². The molecule has 2 aromatic rings. The van der Waals surface area contributed by atoms with Crippen LogP contribution in [0.3, 0.4) is 0 Å². The highest BCUT2D eigenvalue weighted by atomic mass is 35.5. The van der Waals surface area contributed by atoms with E-state index in [2.05, 4.69) is 0 Å². The summed E-state index contributed by atoms with van der Waals surface area (Å²) >= 11 is 5.97. The number of nitrogens with two attached hydrogens (primary N) is 1. The van der Waals surface area contributed by atoms with Gasteiger partial charge < -0.3 is 15.6 Å². The number of hydrogen-bond acceptors (Lipinski definition) is 3. The summed E-state index contributed by atoms with van der Waals surface area (Å²) in [5.41, 5.74) is 8.77. The van der Waals surface area contributed by atoms with Crippen molar-refractivity contribution in [3.05, 3.63) is 63.7 Å². The van der Waals surface area contributed by atoms with E-state index in [1.807, 2.05) is 32.0 Å². The molecule has 0 fully saturated rings. The minimum atomic E-state index is -1.18. The van der Waals surface area contributed by atoms with Gasteiger partial charge in [-0.05, 0) is 54.3 Å². The molecule has 0 aromatic heterocycles. The molecule has 0 amide bonds. The highest BCUT2D eigenvalue weighted by Gasteiger charge is 2.16. The van der Waals surface area contributed by atoms with Crippen molar-refractivity contribution < 1.29 is 9.84 Å². The standard InChI is InChI=1S/C17H19ClN2O2/c1-10-3-4-11(2)15(7-10)22-9-12-5-6-13(18)8-14(12)16(21)17(19)20/h3-8,16,21H,9H2,1-2H3,(H3,19,20). The van der Waals surface area contributed by atoms with Crippen molar-refractivity contribution >= 4 is 17.4 Å². The lowest BCUT2D eigenvalue weighted by molar-refractivity contribution is 0.238. The highest BCUT2D eigenvalue weighted by molar-refractivity contribution is 6.30. The second-order valence-electron chi connectivity index (χ2n) is 5.26. The van der Waals surface area contributed by atoms with Gasteiger partial charge in [-0.25, -0.2) is 0 Å². The van der Waals surface area contributed by atoms with Gasteiger partial charge in [-0.15, -0.1) is 0 Å². The number of nitrogens with one attached hydrogen (secondary N) is 1. The van der Waals surface area contributed by atoms with Gasteiger partial charge in [0.25, 0.3) is 0 Å². The number of aryl methyl sites for hydroxylation is 2. The molecule has 0 aliphatic rings. The number of hydrogen-bond donors (Lipinski definition) is 3. The maximum atomic E-state index is 10.0. The summed E-state index contributed by atoms with van der Waals surface area (Å²) in [7, 11) is 0. The van der Waals surface area contributed by atoms with Crippen LogP contribution in [0.5, 0.6) is 5.75 Å². The molecule has 0 saturated carbocycles. The fourth-order valence-corrected chi connectivity index (χ4v) is 2.32. The van der Waals surface area contributed by atoms with Crippen LogP contribution in [0.2, 0.25) is 5.02 Å². The fraction of sp³-hybridized carbons (Fsp3) is 0.235. The Morgan fingerprint density at radius 1 is 1.27 bits per heavy atom. The average molecular weight is 319 g/mol. The van der Waals surface area contributed by atoms with Crippen LogP contribution in [-0.2, 0) is 6.61 Å². The lowest BCUT2D eigenvalue weighted by Crippen LogP contribution is -2.21. The van der Waals surface area contributed by atoms with Crippen LogP contribution in [0.15, 0.2) is 36.4 Å². The summed E-state index contributed by atoms with van der Waals surface area (Å²) in [6.07, 6.45) is -1.18. The van der Waals surface area contributed by atoms with Crippen molar-refractivity contribution in [1.29, 1.82) is 5.41 Å². The predicted octanol–water partition coefficient (Wildman–Crippen LogP) is 3.51. The van der Waals surface area contributed by atoms with E-state index in [0.717, 1.165) is 22.4 Å². The molecular formula is C17H19ClN2O2. The van der Waals surface area contributed by atoms with Crippen LogP contribution in [0, 0.1) is 19.3 Å². The van der Waals surface area contributed by atoms with Crippen molar-refractivity contribution in [3.63, 3.8) is 0 Å². The maximum Gasteiger partial charge on any atom is 0.136 e. The predicted molar refractivity (Wildman–Crippen MR) is 88.6 cm³/mol. The van der Waals surface area contributed by atoms with E-state index in [1.165, 1.54) is 0 Å². The zero-order valence-electron chi connectivity index (χ0n) is 12.6. The average Bonchev–Trinajstić information content (AvgIpc) is 2.48. The molecule has 5 heteroatoms. The molecular weight excluding hydrogens is 300 g/mol. The molecule has 1 unspecified atom stereocenters. The van der Waals surface area contributed by atoms with Crippen molar-refractivity contribution in [2.24, 2.45) is 5.73 Å². The maximum absolute atomic E-state index is 10.0. The van der Waals surface area contributed by atoms with Gasteiger partial charge in [0, 0.05) is 5.02 Å². The van der Waals surface area contributed by atoms with Crippen molar-refractivity contribution in [2.45, 2.75) is 26.6 Å². The van der Waals surface area contributed by atoms with Crippen LogP contribution < -0.4 is 10.5 Å². The van der Waals surface area contributed by atoms with Gasteiger partial charge in [-0.2, -0.15) is 0 Å². The molecule has 4 N–H and O–H groups in total. The first-order valence-electron chi connectivity index (χ1n) is 6.89.